The van der Waals surface area contributed by atoms with E-state index in [0.29, 0.717) is 11.3 Å². The number of thiazole rings is 1. The molecule has 0 unspecified atom stereocenters. The van der Waals surface area contributed by atoms with Gasteiger partial charge in [0.2, 0.25) is 5.91 Å². The van der Waals surface area contributed by atoms with Crippen LogP contribution in [0.15, 0.2) is 29.6 Å². The van der Waals surface area contributed by atoms with Crippen LogP contribution in [0.2, 0.25) is 0 Å². The molecule has 0 atom stereocenters. The largest absolute Gasteiger partial charge is 0.461 e. The van der Waals surface area contributed by atoms with E-state index in [0.717, 1.165) is 16.7 Å². The first-order valence-corrected chi connectivity index (χ1v) is 8.15. The maximum Gasteiger partial charge on any atom is 0.461 e. The highest BCUT2D eigenvalue weighted by molar-refractivity contribution is 7.98. The molecule has 0 aliphatic rings. The van der Waals surface area contributed by atoms with Crippen molar-refractivity contribution in [3.8, 4) is 0 Å². The molecule has 25 heavy (non-hydrogen) atoms. The Morgan fingerprint density at radius 2 is 1.76 bits per heavy atom. The second kappa shape index (κ2) is 7.52. The molecule has 0 bridgehead atoms. The summed E-state index contributed by atoms with van der Waals surface area (Å²) in [4.78, 5) is 14.8. The second-order valence-electron chi connectivity index (χ2n) is 4.61. The molecule has 0 aliphatic carbocycles. The maximum absolute atomic E-state index is 12.5. The highest BCUT2D eigenvalue weighted by atomic mass is 32.2. The van der Waals surface area contributed by atoms with E-state index in [-0.39, 0.29) is 11.6 Å². The van der Waals surface area contributed by atoms with Crippen LogP contribution in [0.3, 0.4) is 0 Å². The number of nitrogens with one attached hydrogen (secondary N) is 2. The van der Waals surface area contributed by atoms with Gasteiger partial charge in [0, 0.05) is 11.1 Å². The topological polar surface area (TPSA) is 54.0 Å². The fraction of sp³-hybridized carbons (Fsp3) is 0.231. The number of aromatic nitrogens is 1. The molecule has 1 amide bonds. The van der Waals surface area contributed by atoms with Gasteiger partial charge in [0.05, 0.1) is 18.4 Å². The Morgan fingerprint density at radius 3 is 2.28 bits per heavy atom. The second-order valence-corrected chi connectivity index (χ2v) is 6.34. The number of hydrogen-bond donors (Lipinski definition) is 2. The first-order chi connectivity index (χ1) is 11.5. The highest BCUT2D eigenvalue weighted by Crippen LogP contribution is 2.32. The molecular formula is C13H9F6N3OS2. The zero-order valence-corrected chi connectivity index (χ0v) is 13.7. The van der Waals surface area contributed by atoms with Crippen molar-refractivity contribution in [2.45, 2.75) is 18.1 Å². The molecule has 12 heteroatoms. The van der Waals surface area contributed by atoms with E-state index in [2.05, 4.69) is 10.3 Å². The average Bonchev–Trinajstić information content (AvgIpc) is 2.95. The lowest BCUT2D eigenvalue weighted by Gasteiger charge is -2.07. The van der Waals surface area contributed by atoms with Crippen LogP contribution in [-0.2, 0) is 17.4 Å². The Bertz CT molecular complexity index is 727. The van der Waals surface area contributed by atoms with Gasteiger partial charge in [-0.05, 0) is 17.7 Å². The molecule has 0 fully saturated rings. The van der Waals surface area contributed by atoms with E-state index in [1.807, 2.05) is 0 Å². The van der Waals surface area contributed by atoms with Crippen molar-refractivity contribution >= 4 is 40.0 Å². The maximum atomic E-state index is 12.5. The van der Waals surface area contributed by atoms with Gasteiger partial charge < -0.3 is 5.32 Å². The van der Waals surface area contributed by atoms with E-state index in [4.69, 9.17) is 0 Å². The van der Waals surface area contributed by atoms with E-state index in [1.165, 1.54) is 24.3 Å². The standard InChI is InChI=1S/C13H9F6N3OS2/c14-12(15,16)9-6-24-11(21-9)20-8-3-1-7(2-4-8)5-10(23)22-25-13(17,18)19/h1-4,6H,5H2,(H,20,21)(H,22,23). The van der Waals surface area contributed by atoms with Crippen molar-refractivity contribution in [3.05, 3.63) is 40.9 Å². The Labute approximate surface area is 145 Å². The average molecular weight is 401 g/mol. The molecule has 0 saturated carbocycles. The van der Waals surface area contributed by atoms with Crippen LogP contribution in [0.5, 0.6) is 0 Å². The van der Waals surface area contributed by atoms with Crippen molar-refractivity contribution in [2.24, 2.45) is 0 Å². The molecule has 2 N–H and O–H groups in total. The van der Waals surface area contributed by atoms with Crippen LogP contribution in [-0.4, -0.2) is 16.4 Å². The summed E-state index contributed by atoms with van der Waals surface area (Å²) in [6, 6.07) is 5.90. The normalized spacial score (nSPS) is 12.1. The number of carbonyl (C=O) groups is 1. The number of carbonyl (C=O) groups excluding carboxylic acids is 1. The summed E-state index contributed by atoms with van der Waals surface area (Å²) in [6.45, 7) is 0. The van der Waals surface area contributed by atoms with Gasteiger partial charge in [0.1, 0.15) is 0 Å². The predicted octanol–water partition coefficient (Wildman–Crippen LogP) is 4.73. The lowest BCUT2D eigenvalue weighted by Crippen LogP contribution is -2.22. The number of anilines is 2. The fourth-order valence-corrected chi connectivity index (χ4v) is 2.67. The summed E-state index contributed by atoms with van der Waals surface area (Å²) < 4.78 is 74.9. The van der Waals surface area contributed by atoms with Crippen molar-refractivity contribution in [3.63, 3.8) is 0 Å². The molecule has 1 aromatic heterocycles. The zero-order valence-electron chi connectivity index (χ0n) is 12.0. The Morgan fingerprint density at radius 1 is 1.12 bits per heavy atom. The van der Waals surface area contributed by atoms with E-state index >= 15 is 0 Å². The number of alkyl halides is 6. The highest BCUT2D eigenvalue weighted by Gasteiger charge is 2.33. The molecule has 1 heterocycles. The van der Waals surface area contributed by atoms with Gasteiger partial charge in [-0.3, -0.25) is 9.52 Å². The Balaban J connectivity index is 1.91. The van der Waals surface area contributed by atoms with Crippen molar-refractivity contribution in [2.75, 3.05) is 5.32 Å². The number of hydrogen-bond acceptors (Lipinski definition) is 5. The fourth-order valence-electron chi connectivity index (χ4n) is 1.63. The number of amides is 1. The molecule has 0 saturated heterocycles. The van der Waals surface area contributed by atoms with Gasteiger partial charge >= 0.3 is 11.7 Å². The van der Waals surface area contributed by atoms with Gasteiger partial charge in [0.25, 0.3) is 0 Å². The summed E-state index contributed by atoms with van der Waals surface area (Å²) in [5, 5.41) is 3.59. The minimum absolute atomic E-state index is 0.0411. The first-order valence-electron chi connectivity index (χ1n) is 6.45. The van der Waals surface area contributed by atoms with E-state index in [9.17, 15) is 31.1 Å². The molecule has 136 valence electrons. The predicted molar refractivity (Wildman–Crippen MR) is 82.3 cm³/mol. The van der Waals surface area contributed by atoms with Crippen LogP contribution in [0.1, 0.15) is 11.3 Å². The van der Waals surface area contributed by atoms with Crippen LogP contribution in [0, 0.1) is 0 Å². The Kier molecular flexibility index (Phi) is 5.83. The van der Waals surface area contributed by atoms with Crippen LogP contribution in [0.4, 0.5) is 37.2 Å². The smallest absolute Gasteiger partial charge is 0.332 e. The monoisotopic (exact) mass is 401 g/mol. The SMILES string of the molecule is O=C(Cc1ccc(Nc2nc(C(F)(F)F)cs2)cc1)NSC(F)(F)F. The molecule has 1 aromatic carbocycles. The van der Waals surface area contributed by atoms with Crippen molar-refractivity contribution in [1.29, 1.82) is 0 Å². The third-order valence-corrected chi connectivity index (χ3v) is 3.96. The van der Waals surface area contributed by atoms with Gasteiger partial charge in [-0.15, -0.1) is 11.3 Å². The third-order valence-electron chi connectivity index (χ3n) is 2.65. The van der Waals surface area contributed by atoms with Crippen LogP contribution in [0.25, 0.3) is 0 Å². The van der Waals surface area contributed by atoms with E-state index < -0.39 is 35.2 Å². The molecule has 2 rings (SSSR count). The summed E-state index contributed by atoms with van der Waals surface area (Å²) in [7, 11) is 0. The lowest BCUT2D eigenvalue weighted by molar-refractivity contribution is -0.140. The third kappa shape index (κ3) is 6.46. The lowest BCUT2D eigenvalue weighted by atomic mass is 10.1. The molecule has 4 nitrogen and oxygen atoms in total. The quantitative estimate of drug-likeness (QED) is 0.562. The van der Waals surface area contributed by atoms with Crippen molar-refractivity contribution < 1.29 is 31.1 Å². The number of benzene rings is 1. The Hall–Kier alpha value is -1.95. The first kappa shape index (κ1) is 19.4. The zero-order chi connectivity index (χ0) is 18.7. The van der Waals surface area contributed by atoms with Crippen molar-refractivity contribution in [1.82, 2.24) is 9.71 Å². The van der Waals surface area contributed by atoms with Crippen LogP contribution >= 0.6 is 23.3 Å². The van der Waals surface area contributed by atoms with E-state index in [1.54, 1.807) is 4.72 Å². The molecule has 0 spiro atoms. The van der Waals surface area contributed by atoms with Crippen LogP contribution < -0.4 is 10.0 Å². The summed E-state index contributed by atoms with van der Waals surface area (Å²) in [5.41, 5.74) is -4.69. The van der Waals surface area contributed by atoms with Gasteiger partial charge in [-0.2, -0.15) is 26.3 Å². The van der Waals surface area contributed by atoms with Gasteiger partial charge in [-0.1, -0.05) is 12.1 Å². The minimum atomic E-state index is -4.56. The summed E-state index contributed by atoms with van der Waals surface area (Å²) >= 11 is 0.139. The summed E-state index contributed by atoms with van der Waals surface area (Å²) in [5.74, 6) is -0.822. The van der Waals surface area contributed by atoms with Gasteiger partial charge in [-0.25, -0.2) is 4.98 Å². The molecular weight excluding hydrogens is 392 g/mol. The molecule has 0 aliphatic heterocycles. The minimum Gasteiger partial charge on any atom is -0.332 e. The molecule has 2 aromatic rings. The number of rotatable bonds is 5. The summed E-state index contributed by atoms with van der Waals surface area (Å²) in [6.07, 6.45) is -4.79. The van der Waals surface area contributed by atoms with Gasteiger partial charge in [0.15, 0.2) is 10.8 Å². The number of nitrogens with zero attached hydrogens (tertiary/aromatic N) is 1. The number of halogens is 6. The molecule has 0 radical (unpaired) electrons.